The first kappa shape index (κ1) is 16.0. The Bertz CT molecular complexity index is 627. The second-order valence-electron chi connectivity index (χ2n) is 6.55. The Hall–Kier alpha value is -1.88. The largest absolute Gasteiger partial charge is 0.479 e. The molecule has 23 heavy (non-hydrogen) atoms. The number of hydrogen-bond donors (Lipinski definition) is 1. The van der Waals surface area contributed by atoms with Gasteiger partial charge in [-0.2, -0.15) is 0 Å². The molecule has 1 aromatic rings. The Morgan fingerprint density at radius 2 is 2.04 bits per heavy atom. The lowest BCUT2D eigenvalue weighted by atomic mass is 9.96. The Morgan fingerprint density at radius 1 is 1.26 bits per heavy atom. The monoisotopic (exact) mass is 317 g/mol. The fraction of sp³-hybridized carbons (Fsp3) is 0.556. The number of aliphatic carboxylic acids is 1. The number of aryl methyl sites for hydroxylation is 2. The third-order valence-corrected chi connectivity index (χ3v) is 5.09. The summed E-state index contributed by atoms with van der Waals surface area (Å²) in [5.41, 5.74) is 2.47. The van der Waals surface area contributed by atoms with Crippen LogP contribution in [-0.2, 0) is 33.6 Å². The van der Waals surface area contributed by atoms with E-state index >= 15 is 0 Å². The van der Waals surface area contributed by atoms with Crippen molar-refractivity contribution in [3.63, 3.8) is 0 Å². The van der Waals surface area contributed by atoms with E-state index < -0.39 is 11.5 Å². The Kier molecular flexibility index (Phi) is 4.39. The first-order chi connectivity index (χ1) is 11.1. The van der Waals surface area contributed by atoms with Gasteiger partial charge in [-0.25, -0.2) is 4.79 Å². The van der Waals surface area contributed by atoms with E-state index in [0.717, 1.165) is 18.4 Å². The van der Waals surface area contributed by atoms with E-state index in [1.54, 1.807) is 0 Å². The number of nitrogens with zero attached hydrogens (tertiary/aromatic N) is 1. The first-order valence-electron chi connectivity index (χ1n) is 8.20. The molecule has 1 aliphatic carbocycles. The summed E-state index contributed by atoms with van der Waals surface area (Å²) < 4.78 is 5.11. The van der Waals surface area contributed by atoms with Crippen LogP contribution in [-0.4, -0.2) is 47.7 Å². The molecule has 5 heteroatoms. The third-order valence-electron chi connectivity index (χ3n) is 5.09. The van der Waals surface area contributed by atoms with Crippen molar-refractivity contribution in [3.05, 3.63) is 34.9 Å². The first-order valence-corrected chi connectivity index (χ1v) is 8.20. The molecule has 1 aromatic carbocycles. The molecule has 1 N–H and O–H groups in total. The summed E-state index contributed by atoms with van der Waals surface area (Å²) in [5.74, 6) is -1.10. The highest BCUT2D eigenvalue weighted by atomic mass is 16.5. The predicted octanol–water partition coefficient (Wildman–Crippen LogP) is 1.81. The number of likely N-dealkylation sites (tertiary alicyclic amines) is 1. The van der Waals surface area contributed by atoms with Crippen molar-refractivity contribution in [2.24, 2.45) is 0 Å². The molecule has 1 saturated heterocycles. The Morgan fingerprint density at radius 3 is 2.78 bits per heavy atom. The van der Waals surface area contributed by atoms with Gasteiger partial charge in [0.05, 0.1) is 13.0 Å². The zero-order valence-corrected chi connectivity index (χ0v) is 13.5. The minimum Gasteiger partial charge on any atom is -0.479 e. The molecule has 1 amide bonds. The van der Waals surface area contributed by atoms with Gasteiger partial charge in [-0.05, 0) is 48.8 Å². The minimum absolute atomic E-state index is 0.0399. The van der Waals surface area contributed by atoms with Crippen LogP contribution >= 0.6 is 0 Å². The van der Waals surface area contributed by atoms with E-state index in [4.69, 9.17) is 4.74 Å². The number of amides is 1. The summed E-state index contributed by atoms with van der Waals surface area (Å²) >= 11 is 0. The molecule has 0 aromatic heterocycles. The number of carboxylic acids is 1. The zero-order valence-electron chi connectivity index (χ0n) is 13.5. The molecule has 0 saturated carbocycles. The molecule has 0 bridgehead atoms. The number of carboxylic acid groups (broad SMARTS) is 1. The molecular formula is C18H23NO4. The lowest BCUT2D eigenvalue weighted by Crippen LogP contribution is -2.56. The smallest absolute Gasteiger partial charge is 0.332 e. The lowest BCUT2D eigenvalue weighted by Gasteiger charge is -2.34. The second-order valence-corrected chi connectivity index (χ2v) is 6.55. The molecule has 3 rings (SSSR count). The molecular weight excluding hydrogens is 294 g/mol. The van der Waals surface area contributed by atoms with Gasteiger partial charge in [-0.3, -0.25) is 4.79 Å². The molecule has 0 spiro atoms. The van der Waals surface area contributed by atoms with Gasteiger partial charge in [0.1, 0.15) is 0 Å². The van der Waals surface area contributed by atoms with Crippen LogP contribution in [0.3, 0.4) is 0 Å². The number of ether oxygens (including phenoxy) is 1. The summed E-state index contributed by atoms with van der Waals surface area (Å²) in [7, 11) is 1.48. The quantitative estimate of drug-likeness (QED) is 0.899. The van der Waals surface area contributed by atoms with Crippen molar-refractivity contribution in [1.29, 1.82) is 0 Å². The van der Waals surface area contributed by atoms with Crippen LogP contribution in [0.25, 0.3) is 0 Å². The number of carbonyl (C=O) groups excluding carboxylic acids is 1. The molecule has 0 radical (unpaired) electrons. The molecule has 1 heterocycles. The van der Waals surface area contributed by atoms with Crippen LogP contribution in [0.4, 0.5) is 0 Å². The summed E-state index contributed by atoms with van der Waals surface area (Å²) in [6.45, 7) is 0.525. The van der Waals surface area contributed by atoms with Crippen molar-refractivity contribution >= 4 is 11.9 Å². The van der Waals surface area contributed by atoms with Gasteiger partial charge >= 0.3 is 5.97 Å². The van der Waals surface area contributed by atoms with E-state index in [2.05, 4.69) is 12.1 Å². The summed E-state index contributed by atoms with van der Waals surface area (Å²) in [6, 6.07) is 6.21. The maximum absolute atomic E-state index is 12.7. The topological polar surface area (TPSA) is 66.8 Å². The van der Waals surface area contributed by atoms with Gasteiger partial charge in [0, 0.05) is 13.7 Å². The summed E-state index contributed by atoms with van der Waals surface area (Å²) in [6.07, 6.45) is 4.77. The SMILES string of the molecule is COCC1(C(=O)O)CCCN1C(=O)Cc1ccc2c(c1)CCC2. The molecule has 1 atom stereocenters. The zero-order chi connectivity index (χ0) is 16.4. The van der Waals surface area contributed by atoms with E-state index in [0.29, 0.717) is 19.4 Å². The second kappa shape index (κ2) is 6.32. The molecule has 2 aliphatic rings. The highest BCUT2D eigenvalue weighted by Crippen LogP contribution is 2.31. The molecule has 124 valence electrons. The average Bonchev–Trinajstić information content (AvgIpc) is 3.14. The molecule has 1 aliphatic heterocycles. The van der Waals surface area contributed by atoms with Crippen molar-refractivity contribution < 1.29 is 19.4 Å². The maximum Gasteiger partial charge on any atom is 0.332 e. The number of methoxy groups -OCH3 is 1. The van der Waals surface area contributed by atoms with Gasteiger partial charge < -0.3 is 14.7 Å². The number of carbonyl (C=O) groups is 2. The van der Waals surface area contributed by atoms with Gasteiger partial charge in [0.15, 0.2) is 5.54 Å². The van der Waals surface area contributed by atoms with Gasteiger partial charge in [0.25, 0.3) is 0 Å². The molecule has 5 nitrogen and oxygen atoms in total. The van der Waals surface area contributed by atoms with E-state index in [1.807, 2.05) is 6.07 Å². The fourth-order valence-corrected chi connectivity index (χ4v) is 3.92. The molecule has 1 unspecified atom stereocenters. The van der Waals surface area contributed by atoms with Crippen LogP contribution in [0, 0.1) is 0 Å². The predicted molar refractivity (Wildman–Crippen MR) is 85.4 cm³/mol. The number of rotatable bonds is 5. The van der Waals surface area contributed by atoms with Crippen LogP contribution < -0.4 is 0 Å². The fourth-order valence-electron chi connectivity index (χ4n) is 3.92. The highest BCUT2D eigenvalue weighted by Gasteiger charge is 2.49. The highest BCUT2D eigenvalue weighted by molar-refractivity contribution is 5.89. The number of fused-ring (bicyclic) bond motifs is 1. The Labute approximate surface area is 136 Å². The van der Waals surface area contributed by atoms with Gasteiger partial charge in [0.2, 0.25) is 5.91 Å². The summed E-state index contributed by atoms with van der Waals surface area (Å²) in [4.78, 5) is 26.0. The average molecular weight is 317 g/mol. The van der Waals surface area contributed by atoms with Gasteiger partial charge in [-0.1, -0.05) is 18.2 Å². The van der Waals surface area contributed by atoms with Crippen LogP contribution in [0.1, 0.15) is 36.0 Å². The van der Waals surface area contributed by atoms with Crippen LogP contribution in [0.15, 0.2) is 18.2 Å². The maximum atomic E-state index is 12.7. The van der Waals surface area contributed by atoms with Crippen LogP contribution in [0.5, 0.6) is 0 Å². The van der Waals surface area contributed by atoms with E-state index in [9.17, 15) is 14.7 Å². The number of hydrogen-bond acceptors (Lipinski definition) is 3. The normalized spacial score (nSPS) is 23.1. The van der Waals surface area contributed by atoms with Crippen molar-refractivity contribution in [2.45, 2.75) is 44.1 Å². The summed E-state index contributed by atoms with van der Waals surface area (Å²) in [5, 5.41) is 9.63. The van der Waals surface area contributed by atoms with Gasteiger partial charge in [-0.15, -0.1) is 0 Å². The van der Waals surface area contributed by atoms with E-state index in [1.165, 1.54) is 29.6 Å². The van der Waals surface area contributed by atoms with E-state index in [-0.39, 0.29) is 18.9 Å². The van der Waals surface area contributed by atoms with Crippen LogP contribution in [0.2, 0.25) is 0 Å². The van der Waals surface area contributed by atoms with Crippen molar-refractivity contribution in [1.82, 2.24) is 4.90 Å². The Balaban J connectivity index is 1.78. The molecule has 1 fully saturated rings. The minimum atomic E-state index is -1.21. The third kappa shape index (κ3) is 2.85. The lowest BCUT2D eigenvalue weighted by molar-refractivity contribution is -0.160. The van der Waals surface area contributed by atoms with Crippen molar-refractivity contribution in [3.8, 4) is 0 Å². The standard InChI is InChI=1S/C18H23NO4/c1-23-12-18(17(21)22)8-3-9-19(18)16(20)11-13-6-7-14-4-2-5-15(14)10-13/h6-7,10H,2-5,8-9,11-12H2,1H3,(H,21,22). The number of benzene rings is 1. The van der Waals surface area contributed by atoms with Crippen molar-refractivity contribution in [2.75, 3.05) is 20.3 Å².